The molecule has 0 bridgehead atoms. The van der Waals surface area contributed by atoms with Crippen LogP contribution in [-0.4, -0.2) is 43.5 Å². The highest BCUT2D eigenvalue weighted by Crippen LogP contribution is 2.18. The molecule has 1 N–H and O–H groups in total. The van der Waals surface area contributed by atoms with Crippen molar-refractivity contribution in [3.8, 4) is 0 Å². The molecule has 1 amide bonds. The van der Waals surface area contributed by atoms with Crippen LogP contribution in [0, 0.1) is 0 Å². The van der Waals surface area contributed by atoms with E-state index in [2.05, 4.69) is 5.32 Å². The average molecular weight is 390 g/mol. The summed E-state index contributed by atoms with van der Waals surface area (Å²) in [6.07, 6.45) is 0.779. The van der Waals surface area contributed by atoms with Crippen LogP contribution in [0.2, 0.25) is 0 Å². The van der Waals surface area contributed by atoms with E-state index in [0.717, 1.165) is 0 Å². The first-order chi connectivity index (χ1) is 8.08. The number of carbonyl (C=O) groups excluding carboxylic acids is 1. The molecule has 0 unspecified atom stereocenters. The van der Waals surface area contributed by atoms with Crippen LogP contribution >= 0.6 is 21.2 Å². The Labute approximate surface area is 120 Å². The molecule has 1 saturated heterocycles. The molecule has 6 nitrogen and oxygen atoms in total. The van der Waals surface area contributed by atoms with Gasteiger partial charge in [-0.05, 0) is 33.6 Å². The summed E-state index contributed by atoms with van der Waals surface area (Å²) in [4.78, 5) is 11.5. The standard InChI is InChI=1S/C10H19IN2O4S/c1-10(2,3)17-9(14)12-8-4-6-13(7-5-8)18(11,15)16/h8H,4-7H2,1-3H3,(H,12,14). The second-order valence-electron chi connectivity index (χ2n) is 5.26. The van der Waals surface area contributed by atoms with Crippen LogP contribution in [0.25, 0.3) is 0 Å². The lowest BCUT2D eigenvalue weighted by atomic mass is 10.1. The molecule has 0 atom stereocenters. The van der Waals surface area contributed by atoms with Crippen LogP contribution in [0.3, 0.4) is 0 Å². The lowest BCUT2D eigenvalue weighted by Crippen LogP contribution is -2.46. The first-order valence-corrected chi connectivity index (χ1v) is 9.75. The van der Waals surface area contributed by atoms with E-state index in [4.69, 9.17) is 4.74 Å². The van der Waals surface area contributed by atoms with Gasteiger partial charge in [-0.3, -0.25) is 0 Å². The summed E-state index contributed by atoms with van der Waals surface area (Å²) in [5.41, 5.74) is -0.518. The van der Waals surface area contributed by atoms with Crippen molar-refractivity contribution in [2.75, 3.05) is 13.1 Å². The van der Waals surface area contributed by atoms with Gasteiger partial charge in [-0.15, -0.1) is 0 Å². The zero-order valence-corrected chi connectivity index (χ0v) is 13.7. The number of rotatable bonds is 2. The molecule has 1 rings (SSSR count). The summed E-state index contributed by atoms with van der Waals surface area (Å²) in [6.45, 7) is 6.28. The highest BCUT2D eigenvalue weighted by Gasteiger charge is 2.27. The van der Waals surface area contributed by atoms with Gasteiger partial charge in [0.1, 0.15) is 5.60 Å². The van der Waals surface area contributed by atoms with E-state index in [1.165, 1.54) is 25.5 Å². The van der Waals surface area contributed by atoms with Crippen molar-refractivity contribution in [2.24, 2.45) is 0 Å². The minimum absolute atomic E-state index is 0.0192. The quantitative estimate of drug-likeness (QED) is 0.575. The third kappa shape index (κ3) is 5.70. The fourth-order valence-corrected chi connectivity index (χ4v) is 3.52. The van der Waals surface area contributed by atoms with Gasteiger partial charge in [-0.2, -0.15) is 4.31 Å². The molecule has 1 aliphatic rings. The minimum atomic E-state index is -3.15. The Bertz CT molecular complexity index is 397. The number of hydrogen-bond acceptors (Lipinski definition) is 4. The largest absolute Gasteiger partial charge is 0.444 e. The predicted molar refractivity (Wildman–Crippen MR) is 76.9 cm³/mol. The summed E-state index contributed by atoms with van der Waals surface area (Å²) in [5.74, 6) is 0. The van der Waals surface area contributed by atoms with E-state index in [9.17, 15) is 13.2 Å². The number of piperidine rings is 1. The fourth-order valence-electron chi connectivity index (χ4n) is 1.69. The first kappa shape index (κ1) is 16.0. The summed E-state index contributed by atoms with van der Waals surface area (Å²) < 4.78 is 29.2. The smallest absolute Gasteiger partial charge is 0.407 e. The number of ether oxygens (including phenoxy) is 1. The van der Waals surface area contributed by atoms with Crippen LogP contribution in [0.1, 0.15) is 33.6 Å². The van der Waals surface area contributed by atoms with Gasteiger partial charge < -0.3 is 10.1 Å². The molecule has 1 aliphatic heterocycles. The molecular formula is C10H19IN2O4S. The number of nitrogens with zero attached hydrogens (tertiary/aromatic N) is 1. The number of carbonyl (C=O) groups is 1. The summed E-state index contributed by atoms with van der Waals surface area (Å²) in [7, 11) is -3.15. The van der Waals surface area contributed by atoms with Crippen molar-refractivity contribution in [2.45, 2.75) is 45.3 Å². The molecule has 0 aromatic heterocycles. The van der Waals surface area contributed by atoms with E-state index >= 15 is 0 Å². The lowest BCUT2D eigenvalue weighted by molar-refractivity contribution is 0.0490. The molecule has 0 radical (unpaired) electrons. The van der Waals surface area contributed by atoms with Gasteiger partial charge in [-0.25, -0.2) is 13.2 Å². The van der Waals surface area contributed by atoms with Gasteiger partial charge in [0.25, 0.3) is 7.19 Å². The Morgan fingerprint density at radius 1 is 1.33 bits per heavy atom. The van der Waals surface area contributed by atoms with Crippen LogP contribution in [0.15, 0.2) is 0 Å². The first-order valence-electron chi connectivity index (χ1n) is 5.77. The molecule has 18 heavy (non-hydrogen) atoms. The Hall–Kier alpha value is -0.0900. The van der Waals surface area contributed by atoms with Gasteiger partial charge in [-0.1, -0.05) is 0 Å². The van der Waals surface area contributed by atoms with Gasteiger partial charge in [0, 0.05) is 19.1 Å². The maximum absolute atomic E-state index is 11.5. The number of nitrogens with one attached hydrogen (secondary N) is 1. The van der Waals surface area contributed by atoms with E-state index in [-0.39, 0.29) is 6.04 Å². The highest BCUT2D eigenvalue weighted by atomic mass is 127. The molecule has 1 fully saturated rings. The summed E-state index contributed by atoms with van der Waals surface area (Å²) in [5, 5.41) is 2.76. The fraction of sp³-hybridized carbons (Fsp3) is 0.900. The van der Waals surface area contributed by atoms with Gasteiger partial charge >= 0.3 is 6.09 Å². The number of halogens is 1. The zero-order valence-electron chi connectivity index (χ0n) is 10.8. The highest BCUT2D eigenvalue weighted by molar-refractivity contribution is 14.2. The average Bonchev–Trinajstić information content (AvgIpc) is 2.13. The molecule has 1 heterocycles. The third-order valence-electron chi connectivity index (χ3n) is 2.48. The maximum atomic E-state index is 11.5. The second-order valence-corrected chi connectivity index (χ2v) is 9.94. The van der Waals surface area contributed by atoms with Crippen LogP contribution < -0.4 is 5.32 Å². The molecule has 0 spiro atoms. The van der Waals surface area contributed by atoms with Crippen LogP contribution in [-0.2, 0) is 11.9 Å². The Morgan fingerprint density at radius 2 is 1.83 bits per heavy atom. The van der Waals surface area contributed by atoms with E-state index in [0.29, 0.717) is 25.9 Å². The van der Waals surface area contributed by atoms with E-state index < -0.39 is 18.9 Å². The SMILES string of the molecule is CC(C)(C)OC(=O)NC1CCN(S(=O)(=O)I)CC1. The molecular weight excluding hydrogens is 371 g/mol. The van der Waals surface area contributed by atoms with Crippen molar-refractivity contribution in [1.29, 1.82) is 0 Å². The normalized spacial score (nSPS) is 19.6. The van der Waals surface area contributed by atoms with E-state index in [1.54, 1.807) is 20.8 Å². The number of alkyl carbamates (subject to hydrolysis) is 1. The van der Waals surface area contributed by atoms with Gasteiger partial charge in [0.2, 0.25) is 0 Å². The predicted octanol–water partition coefficient (Wildman–Crippen LogP) is 1.66. The molecule has 0 aromatic carbocycles. The van der Waals surface area contributed by atoms with Crippen molar-refractivity contribution in [3.63, 3.8) is 0 Å². The van der Waals surface area contributed by atoms with Crippen LogP contribution in [0.4, 0.5) is 4.79 Å². The molecule has 0 aliphatic carbocycles. The van der Waals surface area contributed by atoms with Crippen molar-refractivity contribution < 1.29 is 17.9 Å². The van der Waals surface area contributed by atoms with Crippen LogP contribution in [0.5, 0.6) is 0 Å². The van der Waals surface area contributed by atoms with Gasteiger partial charge in [0.15, 0.2) is 0 Å². The Balaban J connectivity index is 2.38. The minimum Gasteiger partial charge on any atom is -0.444 e. The topological polar surface area (TPSA) is 75.7 Å². The molecule has 106 valence electrons. The Kier molecular flexibility index (Phi) is 5.24. The Morgan fingerprint density at radius 3 is 2.22 bits per heavy atom. The monoisotopic (exact) mass is 390 g/mol. The van der Waals surface area contributed by atoms with Gasteiger partial charge in [0.05, 0.1) is 21.2 Å². The lowest BCUT2D eigenvalue weighted by Gasteiger charge is -2.30. The number of hydrogen-bond donors (Lipinski definition) is 1. The summed E-state index contributed by atoms with van der Waals surface area (Å²) >= 11 is 1.43. The second kappa shape index (κ2) is 5.91. The third-order valence-corrected chi connectivity index (χ3v) is 5.14. The zero-order chi connectivity index (χ0) is 14.0. The molecule has 0 saturated carbocycles. The molecule has 0 aromatic rings. The maximum Gasteiger partial charge on any atom is 0.407 e. The van der Waals surface area contributed by atoms with E-state index in [1.807, 2.05) is 0 Å². The summed E-state index contributed by atoms with van der Waals surface area (Å²) in [6, 6.07) is -0.0192. The number of amides is 1. The van der Waals surface area contributed by atoms with Crippen molar-refractivity contribution >= 4 is 34.5 Å². The molecule has 8 heteroatoms. The van der Waals surface area contributed by atoms with Crippen molar-refractivity contribution in [1.82, 2.24) is 9.62 Å². The van der Waals surface area contributed by atoms with Crippen molar-refractivity contribution in [3.05, 3.63) is 0 Å².